The van der Waals surface area contributed by atoms with Crippen LogP contribution in [-0.4, -0.2) is 35.2 Å². The van der Waals surface area contributed by atoms with Crippen molar-refractivity contribution in [2.75, 3.05) is 18.8 Å². The van der Waals surface area contributed by atoms with Crippen LogP contribution in [0.15, 0.2) is 52.3 Å². The Labute approximate surface area is 138 Å². The second kappa shape index (κ2) is 6.46. The highest BCUT2D eigenvalue weighted by atomic mass is 32.2. The molecule has 24 heavy (non-hydrogen) atoms. The molecule has 2 aromatic rings. The van der Waals surface area contributed by atoms with Gasteiger partial charge in [-0.15, -0.1) is 0 Å². The van der Waals surface area contributed by atoms with E-state index in [1.807, 2.05) is 4.72 Å². The van der Waals surface area contributed by atoms with Gasteiger partial charge >= 0.3 is 0 Å². The van der Waals surface area contributed by atoms with Crippen LogP contribution in [0, 0.1) is 11.6 Å². The van der Waals surface area contributed by atoms with Gasteiger partial charge in [0.15, 0.2) is 0 Å². The number of rotatable bonds is 5. The maximum Gasteiger partial charge on any atom is 0.262 e. The number of nitrogens with zero attached hydrogens (tertiary/aromatic N) is 1. The summed E-state index contributed by atoms with van der Waals surface area (Å²) in [6.07, 6.45) is 0. The van der Waals surface area contributed by atoms with Crippen LogP contribution in [-0.2, 0) is 20.0 Å². The first-order chi connectivity index (χ1) is 11.1. The van der Waals surface area contributed by atoms with Gasteiger partial charge in [-0.3, -0.25) is 4.72 Å². The summed E-state index contributed by atoms with van der Waals surface area (Å²) in [5.74, 6) is -2.13. The van der Waals surface area contributed by atoms with E-state index in [2.05, 4.69) is 0 Å². The molecule has 130 valence electrons. The highest BCUT2D eigenvalue weighted by Gasteiger charge is 2.21. The maximum absolute atomic E-state index is 13.6. The molecule has 1 N–H and O–H groups in total. The molecule has 0 heterocycles. The Bertz CT molecular complexity index is 937. The number of hydrogen-bond donors (Lipinski definition) is 1. The van der Waals surface area contributed by atoms with Crippen molar-refractivity contribution < 1.29 is 25.6 Å². The Balaban J connectivity index is 2.38. The summed E-state index contributed by atoms with van der Waals surface area (Å²) >= 11 is 0. The maximum atomic E-state index is 13.6. The third kappa shape index (κ3) is 3.55. The molecule has 0 aliphatic heterocycles. The van der Waals surface area contributed by atoms with E-state index in [9.17, 15) is 25.6 Å². The molecular weight excluding hydrogens is 362 g/mol. The van der Waals surface area contributed by atoms with Crippen molar-refractivity contribution in [1.82, 2.24) is 4.31 Å². The lowest BCUT2D eigenvalue weighted by Crippen LogP contribution is -2.22. The van der Waals surface area contributed by atoms with Gasteiger partial charge in [0, 0.05) is 14.1 Å². The first kappa shape index (κ1) is 18.3. The molecule has 0 saturated heterocycles. The normalized spacial score (nSPS) is 12.4. The zero-order valence-electron chi connectivity index (χ0n) is 12.7. The summed E-state index contributed by atoms with van der Waals surface area (Å²) in [4.78, 5) is -0.439. The number of hydrogen-bond acceptors (Lipinski definition) is 4. The van der Waals surface area contributed by atoms with Gasteiger partial charge in [-0.05, 0) is 36.4 Å². The highest BCUT2D eigenvalue weighted by molar-refractivity contribution is 7.92. The molecule has 6 nitrogen and oxygen atoms in total. The van der Waals surface area contributed by atoms with Crippen molar-refractivity contribution in [2.24, 2.45) is 0 Å². The molecule has 2 aromatic carbocycles. The van der Waals surface area contributed by atoms with Gasteiger partial charge in [0.05, 0.1) is 9.79 Å². The lowest BCUT2D eigenvalue weighted by Gasteiger charge is -2.13. The van der Waals surface area contributed by atoms with Crippen molar-refractivity contribution in [3.63, 3.8) is 0 Å². The predicted molar refractivity (Wildman–Crippen MR) is 84.5 cm³/mol. The second-order valence-corrected chi connectivity index (χ2v) is 8.80. The van der Waals surface area contributed by atoms with Crippen LogP contribution >= 0.6 is 0 Å². The molecule has 0 fully saturated rings. The van der Waals surface area contributed by atoms with Gasteiger partial charge in [-0.1, -0.05) is 6.07 Å². The van der Waals surface area contributed by atoms with Gasteiger partial charge in [0.25, 0.3) is 10.0 Å². The SMILES string of the molecule is CN(C)S(=O)(=O)c1ccc(S(=O)(=O)Nc2c(F)cccc2F)cc1. The minimum absolute atomic E-state index is 0.108. The number of sulfonamides is 2. The van der Waals surface area contributed by atoms with E-state index >= 15 is 0 Å². The van der Waals surface area contributed by atoms with E-state index in [1.54, 1.807) is 0 Å². The first-order valence-electron chi connectivity index (χ1n) is 6.55. The Morgan fingerprint density at radius 3 is 1.75 bits per heavy atom. The summed E-state index contributed by atoms with van der Waals surface area (Å²) in [7, 11) is -5.32. The molecule has 0 spiro atoms. The van der Waals surface area contributed by atoms with Gasteiger partial charge < -0.3 is 0 Å². The highest BCUT2D eigenvalue weighted by Crippen LogP contribution is 2.23. The number of halogens is 2. The molecule has 0 aliphatic carbocycles. The molecule has 0 saturated carbocycles. The molecule has 0 radical (unpaired) electrons. The van der Waals surface area contributed by atoms with Crippen LogP contribution in [0.4, 0.5) is 14.5 Å². The number of benzene rings is 2. The van der Waals surface area contributed by atoms with E-state index in [0.29, 0.717) is 0 Å². The van der Waals surface area contributed by atoms with E-state index in [4.69, 9.17) is 0 Å². The fraction of sp³-hybridized carbons (Fsp3) is 0.143. The molecular formula is C14H14F2N2O4S2. The lowest BCUT2D eigenvalue weighted by molar-refractivity contribution is 0.520. The minimum atomic E-state index is -4.28. The van der Waals surface area contributed by atoms with Crippen LogP contribution in [0.25, 0.3) is 0 Å². The number of anilines is 1. The van der Waals surface area contributed by atoms with Gasteiger partial charge in [-0.2, -0.15) is 0 Å². The third-order valence-electron chi connectivity index (χ3n) is 3.11. The Hall–Kier alpha value is -2.04. The molecule has 2 rings (SSSR count). The molecule has 0 aromatic heterocycles. The van der Waals surface area contributed by atoms with Crippen molar-refractivity contribution in [2.45, 2.75) is 9.79 Å². The van der Waals surface area contributed by atoms with Gasteiger partial charge in [0.2, 0.25) is 10.0 Å². The van der Waals surface area contributed by atoms with Crippen LogP contribution in [0.1, 0.15) is 0 Å². The van der Waals surface area contributed by atoms with Crippen molar-refractivity contribution >= 4 is 25.7 Å². The summed E-state index contributed by atoms with van der Waals surface area (Å²) in [6, 6.07) is 7.20. The Kier molecular flexibility index (Phi) is 4.92. The van der Waals surface area contributed by atoms with Crippen LogP contribution in [0.2, 0.25) is 0 Å². The van der Waals surface area contributed by atoms with Crippen molar-refractivity contribution in [3.05, 3.63) is 54.1 Å². The van der Waals surface area contributed by atoms with Gasteiger partial charge in [0.1, 0.15) is 17.3 Å². The number of nitrogens with one attached hydrogen (secondary N) is 1. The average molecular weight is 376 g/mol. The summed E-state index contributed by atoms with van der Waals surface area (Å²) in [6.45, 7) is 0. The first-order valence-corrected chi connectivity index (χ1v) is 9.47. The predicted octanol–water partition coefficient (Wildman–Crippen LogP) is 2.02. The standard InChI is InChI=1S/C14H14F2N2O4S2/c1-18(2)24(21,22)11-8-6-10(7-9-11)23(19,20)17-14-12(15)4-3-5-13(14)16/h3-9,17H,1-2H3. The zero-order valence-corrected chi connectivity index (χ0v) is 14.3. The summed E-state index contributed by atoms with van der Waals surface area (Å²) in [5, 5.41) is 0. The third-order valence-corrected chi connectivity index (χ3v) is 6.31. The average Bonchev–Trinajstić information content (AvgIpc) is 2.51. The second-order valence-electron chi connectivity index (χ2n) is 4.96. The molecule has 0 amide bonds. The lowest BCUT2D eigenvalue weighted by atomic mass is 10.3. The fourth-order valence-corrected chi connectivity index (χ4v) is 3.77. The van der Waals surface area contributed by atoms with E-state index in [0.717, 1.165) is 46.8 Å². The van der Waals surface area contributed by atoms with Crippen molar-refractivity contribution in [1.29, 1.82) is 0 Å². The Morgan fingerprint density at radius 1 is 0.833 bits per heavy atom. The summed E-state index contributed by atoms with van der Waals surface area (Å²) in [5.41, 5.74) is -0.803. The molecule has 0 aliphatic rings. The monoisotopic (exact) mass is 376 g/mol. The molecule has 0 atom stereocenters. The van der Waals surface area contributed by atoms with Crippen molar-refractivity contribution in [3.8, 4) is 0 Å². The largest absolute Gasteiger partial charge is 0.274 e. The molecule has 0 unspecified atom stereocenters. The molecule has 10 heteroatoms. The quantitative estimate of drug-likeness (QED) is 0.865. The molecule has 0 bridgehead atoms. The number of para-hydroxylation sites is 1. The van der Waals surface area contributed by atoms with Gasteiger partial charge in [-0.25, -0.2) is 29.9 Å². The Morgan fingerprint density at radius 2 is 1.29 bits per heavy atom. The fourth-order valence-electron chi connectivity index (χ4n) is 1.79. The van der Waals surface area contributed by atoms with Crippen LogP contribution in [0.3, 0.4) is 0 Å². The van der Waals surface area contributed by atoms with E-state index in [1.165, 1.54) is 14.1 Å². The smallest absolute Gasteiger partial charge is 0.262 e. The minimum Gasteiger partial charge on any atom is -0.274 e. The topological polar surface area (TPSA) is 83.6 Å². The van der Waals surface area contributed by atoms with Crippen LogP contribution in [0.5, 0.6) is 0 Å². The van der Waals surface area contributed by atoms with E-state index < -0.39 is 37.4 Å². The summed E-state index contributed by atoms with van der Waals surface area (Å²) < 4.78 is 78.2. The van der Waals surface area contributed by atoms with Crippen LogP contribution < -0.4 is 4.72 Å². The van der Waals surface area contributed by atoms with E-state index in [-0.39, 0.29) is 9.79 Å². The zero-order chi connectivity index (χ0) is 18.1.